The van der Waals surface area contributed by atoms with E-state index in [1.807, 2.05) is 59.4 Å². The van der Waals surface area contributed by atoms with E-state index in [1.165, 1.54) is 0 Å². The van der Waals surface area contributed by atoms with Crippen LogP contribution in [0.5, 0.6) is 0 Å². The van der Waals surface area contributed by atoms with E-state index in [4.69, 9.17) is 11.6 Å². The lowest BCUT2D eigenvalue weighted by molar-refractivity contribution is -0.123. The predicted octanol–water partition coefficient (Wildman–Crippen LogP) is 4.22. The van der Waals surface area contributed by atoms with E-state index in [1.54, 1.807) is 24.3 Å². The van der Waals surface area contributed by atoms with Gasteiger partial charge in [-0.1, -0.05) is 48.0 Å². The number of nitrogens with one attached hydrogen (secondary N) is 1. The predicted molar refractivity (Wildman–Crippen MR) is 104 cm³/mol. The molecule has 27 heavy (non-hydrogen) atoms. The Balaban J connectivity index is 1.55. The molecular formula is C21H16ClN3O2. The van der Waals surface area contributed by atoms with Crippen molar-refractivity contribution in [1.82, 2.24) is 14.8 Å². The van der Waals surface area contributed by atoms with Crippen molar-refractivity contribution in [3.8, 4) is 5.69 Å². The summed E-state index contributed by atoms with van der Waals surface area (Å²) in [6, 6.07) is 18.4. The van der Waals surface area contributed by atoms with Crippen molar-refractivity contribution in [2.45, 2.75) is 6.54 Å². The summed E-state index contributed by atoms with van der Waals surface area (Å²) in [7, 11) is 0. The van der Waals surface area contributed by atoms with Crippen LogP contribution in [0, 0.1) is 0 Å². The van der Waals surface area contributed by atoms with Gasteiger partial charge >= 0.3 is 6.03 Å². The molecule has 1 saturated heterocycles. The standard InChI is InChI=1S/C21H16ClN3O2/c22-18-9-5-4-6-16(18)14-25-20(26)19(23-21(25)27)12-15-10-11-24(13-15)17-7-2-1-3-8-17/h1-13H,14H2,(H,23,27)/b19-12+. The third kappa shape index (κ3) is 3.50. The number of hydrogen-bond donors (Lipinski definition) is 1. The summed E-state index contributed by atoms with van der Waals surface area (Å²) in [6.07, 6.45) is 5.48. The lowest BCUT2D eigenvalue weighted by Gasteiger charge is -2.12. The monoisotopic (exact) mass is 377 g/mol. The molecule has 134 valence electrons. The first-order chi connectivity index (χ1) is 13.1. The number of imide groups is 1. The second kappa shape index (κ2) is 7.13. The molecule has 4 rings (SSSR count). The lowest BCUT2D eigenvalue weighted by atomic mass is 10.2. The van der Waals surface area contributed by atoms with E-state index in [0.717, 1.165) is 21.7 Å². The highest BCUT2D eigenvalue weighted by Gasteiger charge is 2.33. The van der Waals surface area contributed by atoms with Gasteiger partial charge in [0.2, 0.25) is 0 Å². The van der Waals surface area contributed by atoms with Crippen molar-refractivity contribution in [3.63, 3.8) is 0 Å². The molecule has 0 bridgehead atoms. The highest BCUT2D eigenvalue weighted by Crippen LogP contribution is 2.21. The average Bonchev–Trinajstić information content (AvgIpc) is 3.25. The Hall–Kier alpha value is -3.31. The van der Waals surface area contributed by atoms with E-state index >= 15 is 0 Å². The van der Waals surface area contributed by atoms with Gasteiger partial charge in [0.1, 0.15) is 5.70 Å². The first-order valence-corrected chi connectivity index (χ1v) is 8.81. The van der Waals surface area contributed by atoms with Crippen LogP contribution in [0.3, 0.4) is 0 Å². The van der Waals surface area contributed by atoms with Gasteiger partial charge in [0.15, 0.2) is 0 Å². The third-order valence-electron chi connectivity index (χ3n) is 4.33. The van der Waals surface area contributed by atoms with Crippen LogP contribution in [0.2, 0.25) is 5.02 Å². The number of benzene rings is 2. The number of carbonyl (C=O) groups is 2. The zero-order valence-corrected chi connectivity index (χ0v) is 15.1. The van der Waals surface area contributed by atoms with Gasteiger partial charge in [0.05, 0.1) is 6.54 Å². The van der Waals surface area contributed by atoms with Crippen LogP contribution in [0.15, 0.2) is 78.8 Å². The van der Waals surface area contributed by atoms with E-state index in [9.17, 15) is 9.59 Å². The van der Waals surface area contributed by atoms with Crippen molar-refractivity contribution in [2.24, 2.45) is 0 Å². The van der Waals surface area contributed by atoms with Crippen molar-refractivity contribution in [2.75, 3.05) is 0 Å². The van der Waals surface area contributed by atoms with Gasteiger partial charge in [-0.25, -0.2) is 4.79 Å². The van der Waals surface area contributed by atoms with Gasteiger partial charge in [-0.3, -0.25) is 9.69 Å². The molecular weight excluding hydrogens is 362 g/mol. The van der Waals surface area contributed by atoms with Gasteiger partial charge in [0.25, 0.3) is 5.91 Å². The largest absolute Gasteiger partial charge is 0.329 e. The molecule has 2 heterocycles. The molecule has 3 amide bonds. The number of para-hydroxylation sites is 1. The van der Waals surface area contributed by atoms with Crippen molar-refractivity contribution in [3.05, 3.63) is 94.9 Å². The highest BCUT2D eigenvalue weighted by molar-refractivity contribution is 6.31. The van der Waals surface area contributed by atoms with Crippen LogP contribution in [-0.4, -0.2) is 21.4 Å². The van der Waals surface area contributed by atoms with Crippen LogP contribution in [0.4, 0.5) is 4.79 Å². The van der Waals surface area contributed by atoms with E-state index in [0.29, 0.717) is 5.02 Å². The minimum absolute atomic E-state index is 0.132. The van der Waals surface area contributed by atoms with Gasteiger partial charge in [-0.2, -0.15) is 0 Å². The summed E-state index contributed by atoms with van der Waals surface area (Å²) in [4.78, 5) is 26.0. The maximum Gasteiger partial charge on any atom is 0.329 e. The number of urea groups is 1. The fourth-order valence-electron chi connectivity index (χ4n) is 2.94. The number of halogens is 1. The Bertz CT molecular complexity index is 1040. The van der Waals surface area contributed by atoms with Crippen molar-refractivity contribution >= 4 is 29.6 Å². The lowest BCUT2D eigenvalue weighted by Crippen LogP contribution is -2.30. The summed E-state index contributed by atoms with van der Waals surface area (Å²) in [5, 5.41) is 3.16. The van der Waals surface area contributed by atoms with Gasteiger partial charge in [-0.15, -0.1) is 0 Å². The topological polar surface area (TPSA) is 54.3 Å². The number of nitrogens with zero attached hydrogens (tertiary/aromatic N) is 2. The van der Waals surface area contributed by atoms with E-state index < -0.39 is 6.03 Å². The minimum Gasteiger partial charge on any atom is -0.323 e. The molecule has 0 spiro atoms. The molecule has 0 radical (unpaired) electrons. The maximum atomic E-state index is 12.6. The molecule has 0 unspecified atom stereocenters. The second-order valence-electron chi connectivity index (χ2n) is 6.16. The zero-order chi connectivity index (χ0) is 18.8. The van der Waals surface area contributed by atoms with Crippen LogP contribution in [0.1, 0.15) is 11.1 Å². The summed E-state index contributed by atoms with van der Waals surface area (Å²) in [5.41, 5.74) is 2.81. The Morgan fingerprint density at radius 3 is 2.48 bits per heavy atom. The number of hydrogen-bond acceptors (Lipinski definition) is 2. The highest BCUT2D eigenvalue weighted by atomic mass is 35.5. The molecule has 3 aromatic rings. The Morgan fingerprint density at radius 1 is 0.963 bits per heavy atom. The molecule has 6 heteroatoms. The molecule has 0 saturated carbocycles. The summed E-state index contributed by atoms with van der Waals surface area (Å²) >= 11 is 6.14. The first-order valence-electron chi connectivity index (χ1n) is 8.43. The van der Waals surface area contributed by atoms with Gasteiger partial charge in [-0.05, 0) is 41.5 Å². The van der Waals surface area contributed by atoms with Crippen LogP contribution >= 0.6 is 11.6 Å². The van der Waals surface area contributed by atoms with E-state index in [2.05, 4.69) is 5.32 Å². The molecule has 0 atom stereocenters. The summed E-state index contributed by atoms with van der Waals surface area (Å²) in [5.74, 6) is -0.368. The quantitative estimate of drug-likeness (QED) is 0.546. The number of carbonyl (C=O) groups excluding carboxylic acids is 2. The Morgan fingerprint density at radius 2 is 1.70 bits per heavy atom. The van der Waals surface area contributed by atoms with Gasteiger partial charge in [0, 0.05) is 23.1 Å². The molecule has 1 aliphatic heterocycles. The maximum absolute atomic E-state index is 12.6. The smallest absolute Gasteiger partial charge is 0.323 e. The van der Waals surface area contributed by atoms with Crippen molar-refractivity contribution < 1.29 is 9.59 Å². The fraction of sp³-hybridized carbons (Fsp3) is 0.0476. The third-order valence-corrected chi connectivity index (χ3v) is 4.70. The Kier molecular flexibility index (Phi) is 4.52. The molecule has 2 aromatic carbocycles. The molecule has 1 N–H and O–H groups in total. The SMILES string of the molecule is O=C1N/C(=C/c2ccn(-c3ccccc3)c2)C(=O)N1Cc1ccccc1Cl. The molecule has 0 aliphatic carbocycles. The molecule has 1 aromatic heterocycles. The normalized spacial score (nSPS) is 15.4. The van der Waals surface area contributed by atoms with Crippen LogP contribution < -0.4 is 5.32 Å². The number of rotatable bonds is 4. The van der Waals surface area contributed by atoms with Crippen molar-refractivity contribution in [1.29, 1.82) is 0 Å². The number of aromatic nitrogens is 1. The summed E-state index contributed by atoms with van der Waals surface area (Å²) < 4.78 is 1.95. The molecule has 1 fully saturated rings. The summed E-state index contributed by atoms with van der Waals surface area (Å²) in [6.45, 7) is 0.132. The van der Waals surface area contributed by atoms with Crippen LogP contribution in [0.25, 0.3) is 11.8 Å². The molecule has 5 nitrogen and oxygen atoms in total. The average molecular weight is 378 g/mol. The Labute approximate surface area is 161 Å². The van der Waals surface area contributed by atoms with Gasteiger partial charge < -0.3 is 9.88 Å². The zero-order valence-electron chi connectivity index (χ0n) is 14.3. The van der Waals surface area contributed by atoms with E-state index in [-0.39, 0.29) is 18.1 Å². The molecule has 1 aliphatic rings. The second-order valence-corrected chi connectivity index (χ2v) is 6.57. The number of amides is 3. The minimum atomic E-state index is -0.450. The van der Waals surface area contributed by atoms with Crippen LogP contribution in [-0.2, 0) is 11.3 Å². The fourth-order valence-corrected chi connectivity index (χ4v) is 3.13. The first kappa shape index (κ1) is 17.1.